The first-order valence-corrected chi connectivity index (χ1v) is 7.92. The van der Waals surface area contributed by atoms with E-state index >= 15 is 0 Å². The van der Waals surface area contributed by atoms with E-state index < -0.39 is 15.8 Å². The minimum atomic E-state index is -3.91. The van der Waals surface area contributed by atoms with Crippen molar-refractivity contribution in [2.24, 2.45) is 0 Å². The largest absolute Gasteiger partial charge is 0.398 e. The fourth-order valence-electron chi connectivity index (χ4n) is 1.87. The molecule has 0 unspecified atom stereocenters. The van der Waals surface area contributed by atoms with Crippen molar-refractivity contribution in [1.29, 1.82) is 0 Å². The van der Waals surface area contributed by atoms with Crippen molar-refractivity contribution >= 4 is 33.0 Å². The lowest BCUT2D eigenvalue weighted by Crippen LogP contribution is -2.16. The van der Waals surface area contributed by atoms with Gasteiger partial charge in [-0.15, -0.1) is 0 Å². The third-order valence-electron chi connectivity index (χ3n) is 3.17. The highest BCUT2D eigenvalue weighted by atomic mass is 35.5. The van der Waals surface area contributed by atoms with Crippen LogP contribution in [0.4, 0.5) is 15.8 Å². The van der Waals surface area contributed by atoms with E-state index in [0.717, 1.165) is 0 Å². The molecule has 2 aromatic carbocycles. The summed E-state index contributed by atoms with van der Waals surface area (Å²) in [5.41, 5.74) is 6.79. The zero-order valence-electron chi connectivity index (χ0n) is 11.4. The fourth-order valence-corrected chi connectivity index (χ4v) is 3.59. The second-order valence-electron chi connectivity index (χ2n) is 4.64. The molecule has 4 nitrogen and oxygen atoms in total. The van der Waals surface area contributed by atoms with Gasteiger partial charge in [0, 0.05) is 16.3 Å². The van der Waals surface area contributed by atoms with Gasteiger partial charge in [-0.05, 0) is 43.7 Å². The van der Waals surface area contributed by atoms with E-state index in [1.54, 1.807) is 6.92 Å². The first-order valence-electron chi connectivity index (χ1n) is 6.06. The topological polar surface area (TPSA) is 72.2 Å². The number of nitrogen functional groups attached to an aromatic ring is 1. The maximum Gasteiger partial charge on any atom is 0.262 e. The highest BCUT2D eigenvalue weighted by Crippen LogP contribution is 2.28. The third kappa shape index (κ3) is 3.11. The van der Waals surface area contributed by atoms with Crippen LogP contribution in [0.15, 0.2) is 35.2 Å². The second-order valence-corrected chi connectivity index (χ2v) is 6.72. The Morgan fingerprint density at radius 1 is 1.19 bits per heavy atom. The number of hydrogen-bond donors (Lipinski definition) is 2. The summed E-state index contributed by atoms with van der Waals surface area (Å²) >= 11 is 5.86. The smallest absolute Gasteiger partial charge is 0.262 e. The maximum absolute atomic E-state index is 13.5. The number of nitrogens with two attached hydrogens (primary N) is 1. The molecule has 0 aromatic heterocycles. The van der Waals surface area contributed by atoms with Gasteiger partial charge in [-0.25, -0.2) is 12.8 Å². The van der Waals surface area contributed by atoms with Crippen molar-refractivity contribution in [3.63, 3.8) is 0 Å². The summed E-state index contributed by atoms with van der Waals surface area (Å²) in [6.07, 6.45) is 0. The molecular weight excluding hydrogens is 315 g/mol. The number of nitrogens with one attached hydrogen (secondary N) is 1. The highest BCUT2D eigenvalue weighted by molar-refractivity contribution is 7.92. The van der Waals surface area contributed by atoms with Crippen LogP contribution in [-0.2, 0) is 10.0 Å². The summed E-state index contributed by atoms with van der Waals surface area (Å²) in [6, 6.07) is 6.96. The summed E-state index contributed by atoms with van der Waals surface area (Å²) in [5.74, 6) is -0.488. The van der Waals surface area contributed by atoms with E-state index in [2.05, 4.69) is 4.72 Å². The molecule has 0 aliphatic carbocycles. The van der Waals surface area contributed by atoms with E-state index in [1.807, 2.05) is 0 Å². The normalized spacial score (nSPS) is 11.4. The van der Waals surface area contributed by atoms with Crippen LogP contribution in [0, 0.1) is 19.7 Å². The molecule has 0 heterocycles. The van der Waals surface area contributed by atoms with E-state index in [4.69, 9.17) is 17.3 Å². The Balaban J connectivity index is 2.51. The lowest BCUT2D eigenvalue weighted by atomic mass is 10.2. The minimum Gasteiger partial charge on any atom is -0.398 e. The van der Waals surface area contributed by atoms with Crippen molar-refractivity contribution < 1.29 is 12.8 Å². The number of rotatable bonds is 3. The number of halogens is 2. The van der Waals surface area contributed by atoms with Gasteiger partial charge in [0.05, 0.1) is 10.6 Å². The lowest BCUT2D eigenvalue weighted by Gasteiger charge is -2.14. The Hall–Kier alpha value is -1.79. The predicted octanol–water partition coefficient (Wildman–Crippen LogP) is 3.48. The molecule has 0 radical (unpaired) electrons. The number of benzene rings is 2. The number of sulfonamides is 1. The molecule has 0 saturated carbocycles. The average Bonchev–Trinajstić information content (AvgIpc) is 2.39. The van der Waals surface area contributed by atoms with Gasteiger partial charge in [-0.3, -0.25) is 4.72 Å². The van der Waals surface area contributed by atoms with Gasteiger partial charge >= 0.3 is 0 Å². The minimum absolute atomic E-state index is 0.0313. The molecule has 2 aromatic rings. The van der Waals surface area contributed by atoms with Crippen LogP contribution in [0.3, 0.4) is 0 Å². The Morgan fingerprint density at radius 3 is 2.52 bits per heavy atom. The quantitative estimate of drug-likeness (QED) is 0.847. The van der Waals surface area contributed by atoms with Crippen molar-refractivity contribution in [2.75, 3.05) is 10.5 Å². The van der Waals surface area contributed by atoms with Crippen molar-refractivity contribution in [3.8, 4) is 0 Å². The molecule has 0 aliphatic rings. The lowest BCUT2D eigenvalue weighted by molar-refractivity contribution is 0.600. The van der Waals surface area contributed by atoms with Gasteiger partial charge in [0.1, 0.15) is 5.82 Å². The monoisotopic (exact) mass is 328 g/mol. The van der Waals surface area contributed by atoms with Crippen LogP contribution < -0.4 is 10.5 Å². The van der Waals surface area contributed by atoms with E-state index in [9.17, 15) is 12.8 Å². The van der Waals surface area contributed by atoms with Crippen molar-refractivity contribution in [3.05, 3.63) is 52.3 Å². The van der Waals surface area contributed by atoms with Gasteiger partial charge in [-0.2, -0.15) is 0 Å². The molecule has 0 bridgehead atoms. The summed E-state index contributed by atoms with van der Waals surface area (Å²) in [5, 5.41) is 0.217. The Bertz CT molecular complexity index is 807. The van der Waals surface area contributed by atoms with Gasteiger partial charge in [-0.1, -0.05) is 17.7 Å². The summed E-state index contributed by atoms with van der Waals surface area (Å²) in [6.45, 7) is 3.07. The van der Waals surface area contributed by atoms with E-state index in [0.29, 0.717) is 5.56 Å². The Morgan fingerprint density at radius 2 is 1.86 bits per heavy atom. The summed E-state index contributed by atoms with van der Waals surface area (Å²) < 4.78 is 40.7. The summed E-state index contributed by atoms with van der Waals surface area (Å²) in [4.78, 5) is -0.0313. The standard InChI is InChI=1S/C14H14ClFN2O2S/c1-8-11(16)4-3-5-13(8)18-21(19,20)14-7-10(15)6-12(17)9(14)2/h3-7,18H,17H2,1-2H3. The SMILES string of the molecule is Cc1c(F)cccc1NS(=O)(=O)c1cc(Cl)cc(N)c1C. The Kier molecular flexibility index (Phi) is 4.11. The number of anilines is 2. The zero-order chi connectivity index (χ0) is 15.8. The van der Waals surface area contributed by atoms with E-state index in [1.165, 1.54) is 37.3 Å². The van der Waals surface area contributed by atoms with Gasteiger partial charge in [0.2, 0.25) is 0 Å². The van der Waals surface area contributed by atoms with Crippen molar-refractivity contribution in [1.82, 2.24) is 0 Å². The predicted molar refractivity (Wildman–Crippen MR) is 82.5 cm³/mol. The molecule has 7 heteroatoms. The fraction of sp³-hybridized carbons (Fsp3) is 0.143. The molecule has 2 rings (SSSR count). The molecule has 0 amide bonds. The summed E-state index contributed by atoms with van der Waals surface area (Å²) in [7, 11) is -3.91. The molecular formula is C14H14ClFN2O2S. The zero-order valence-corrected chi connectivity index (χ0v) is 13.0. The average molecular weight is 329 g/mol. The molecule has 0 saturated heterocycles. The third-order valence-corrected chi connectivity index (χ3v) is 4.88. The molecule has 21 heavy (non-hydrogen) atoms. The molecule has 0 spiro atoms. The van der Waals surface area contributed by atoms with Gasteiger partial charge < -0.3 is 5.73 Å². The van der Waals surface area contributed by atoms with Crippen LogP contribution >= 0.6 is 11.6 Å². The van der Waals surface area contributed by atoms with Crippen LogP contribution in [0.25, 0.3) is 0 Å². The maximum atomic E-state index is 13.5. The molecule has 3 N–H and O–H groups in total. The first-order chi connectivity index (χ1) is 9.72. The molecule has 112 valence electrons. The number of hydrogen-bond acceptors (Lipinski definition) is 3. The molecule has 0 atom stereocenters. The van der Waals surface area contributed by atoms with Crippen molar-refractivity contribution in [2.45, 2.75) is 18.7 Å². The van der Waals surface area contributed by atoms with Crippen LogP contribution in [0.1, 0.15) is 11.1 Å². The van der Waals surface area contributed by atoms with Gasteiger partial charge in [0.15, 0.2) is 0 Å². The first kappa shape index (κ1) is 15.6. The molecule has 0 aliphatic heterocycles. The van der Waals surface area contributed by atoms with E-state index in [-0.39, 0.29) is 26.9 Å². The van der Waals surface area contributed by atoms with Crippen LogP contribution in [0.5, 0.6) is 0 Å². The van der Waals surface area contributed by atoms with Crippen LogP contribution in [0.2, 0.25) is 5.02 Å². The molecule has 0 fully saturated rings. The van der Waals surface area contributed by atoms with Crippen LogP contribution in [-0.4, -0.2) is 8.42 Å². The van der Waals surface area contributed by atoms with Gasteiger partial charge in [0.25, 0.3) is 10.0 Å². The Labute approximate surface area is 127 Å². The highest BCUT2D eigenvalue weighted by Gasteiger charge is 2.20. The second kappa shape index (κ2) is 5.54.